The van der Waals surface area contributed by atoms with Crippen LogP contribution < -0.4 is 0 Å². The van der Waals surface area contributed by atoms with E-state index in [2.05, 4.69) is 78.9 Å². The van der Waals surface area contributed by atoms with Crippen molar-refractivity contribution in [2.24, 2.45) is 0 Å². The number of ether oxygens (including phenoxy) is 2. The zero-order valence-electron chi connectivity index (χ0n) is 18.4. The summed E-state index contributed by atoms with van der Waals surface area (Å²) < 4.78 is 12.2. The average molecular weight is 419 g/mol. The number of fused-ring (bicyclic) bond motifs is 1. The van der Waals surface area contributed by atoms with Crippen LogP contribution in [0.25, 0.3) is 43.4 Å². The van der Waals surface area contributed by atoms with Gasteiger partial charge in [-0.1, -0.05) is 78.9 Å². The lowest BCUT2D eigenvalue weighted by molar-refractivity contribution is -0.213. The predicted octanol–water partition coefficient (Wildman–Crippen LogP) is 7.44. The SMILES string of the molecule is CO[C@@]12CCC[C@]1(c1ccc(-c3ccc4ccc5cccc6ccc3c4c56)cc1)CCO2. The van der Waals surface area contributed by atoms with Gasteiger partial charge in [-0.15, -0.1) is 0 Å². The third kappa shape index (κ3) is 2.27. The summed E-state index contributed by atoms with van der Waals surface area (Å²) in [5.74, 6) is -0.443. The van der Waals surface area contributed by atoms with Crippen LogP contribution in [-0.4, -0.2) is 19.5 Å². The van der Waals surface area contributed by atoms with Gasteiger partial charge < -0.3 is 9.47 Å². The molecule has 5 aromatic rings. The summed E-state index contributed by atoms with van der Waals surface area (Å²) in [6.45, 7) is 0.782. The van der Waals surface area contributed by atoms with Crippen molar-refractivity contribution < 1.29 is 9.47 Å². The molecule has 7 rings (SSSR count). The van der Waals surface area contributed by atoms with Gasteiger partial charge in [-0.25, -0.2) is 0 Å². The Morgan fingerprint density at radius 3 is 2.22 bits per heavy atom. The fraction of sp³-hybridized carbons (Fsp3) is 0.267. The Morgan fingerprint density at radius 1 is 0.719 bits per heavy atom. The minimum absolute atomic E-state index is 0.0110. The second-order valence-electron chi connectivity index (χ2n) is 9.54. The zero-order valence-corrected chi connectivity index (χ0v) is 18.4. The first-order chi connectivity index (χ1) is 15.7. The van der Waals surface area contributed by atoms with Crippen molar-refractivity contribution in [1.29, 1.82) is 0 Å². The van der Waals surface area contributed by atoms with Gasteiger partial charge in [-0.05, 0) is 68.3 Å². The van der Waals surface area contributed by atoms with Gasteiger partial charge in [-0.2, -0.15) is 0 Å². The Balaban J connectivity index is 1.39. The largest absolute Gasteiger partial charge is 0.352 e. The quantitative estimate of drug-likeness (QED) is 0.284. The standard InChI is InChI=1S/C30H26O2/c1-31-30-17-3-16-29(30,18-19-32-30)24-12-8-20(9-13-24)25-14-10-23-7-6-21-4-2-5-22-11-15-26(25)28(23)27(21)22/h2,4-15H,3,16-19H2,1H3/t29-,30-/m1/s1. The molecule has 1 aliphatic heterocycles. The maximum absolute atomic E-state index is 6.19. The van der Waals surface area contributed by atoms with Gasteiger partial charge in [0, 0.05) is 13.5 Å². The Bertz CT molecular complexity index is 1440. The van der Waals surface area contributed by atoms with E-state index >= 15 is 0 Å². The minimum Gasteiger partial charge on any atom is -0.352 e. The number of hydrogen-bond acceptors (Lipinski definition) is 2. The lowest BCUT2D eigenvalue weighted by Crippen LogP contribution is -2.45. The average Bonchev–Trinajstić information content (AvgIpc) is 3.39. The van der Waals surface area contributed by atoms with Gasteiger partial charge in [0.2, 0.25) is 0 Å². The molecule has 1 aliphatic carbocycles. The summed E-state index contributed by atoms with van der Waals surface area (Å²) in [5.41, 5.74) is 3.91. The van der Waals surface area contributed by atoms with Crippen molar-refractivity contribution in [3.8, 4) is 11.1 Å². The molecule has 0 aromatic heterocycles. The Kier molecular flexibility index (Phi) is 3.80. The molecule has 1 saturated carbocycles. The molecule has 1 saturated heterocycles. The van der Waals surface area contributed by atoms with Gasteiger partial charge in [0.15, 0.2) is 5.79 Å². The number of hydrogen-bond donors (Lipinski definition) is 0. The number of methoxy groups -OCH3 is 1. The molecule has 0 bridgehead atoms. The first kappa shape index (κ1) is 18.6. The van der Waals surface area contributed by atoms with Crippen molar-refractivity contribution >= 4 is 32.3 Å². The summed E-state index contributed by atoms with van der Waals surface area (Å²) in [7, 11) is 1.81. The zero-order chi connectivity index (χ0) is 21.3. The van der Waals surface area contributed by atoms with E-state index in [4.69, 9.17) is 9.47 Å². The highest BCUT2D eigenvalue weighted by molar-refractivity contribution is 6.25. The van der Waals surface area contributed by atoms with E-state index in [1.54, 1.807) is 0 Å². The normalized spacial score (nSPS) is 25.3. The Hall–Kier alpha value is -2.94. The van der Waals surface area contributed by atoms with Gasteiger partial charge in [0.1, 0.15) is 0 Å². The van der Waals surface area contributed by atoms with Crippen molar-refractivity contribution in [2.75, 3.05) is 13.7 Å². The molecule has 0 radical (unpaired) electrons. The number of rotatable bonds is 3. The van der Waals surface area contributed by atoms with Gasteiger partial charge >= 0.3 is 0 Å². The van der Waals surface area contributed by atoms with Crippen LogP contribution in [0.5, 0.6) is 0 Å². The van der Waals surface area contributed by atoms with Crippen LogP contribution in [0, 0.1) is 0 Å². The third-order valence-corrected chi connectivity index (χ3v) is 8.31. The van der Waals surface area contributed by atoms with Crippen LogP contribution in [0.2, 0.25) is 0 Å². The molecule has 2 aliphatic rings. The smallest absolute Gasteiger partial charge is 0.177 e. The van der Waals surface area contributed by atoms with Crippen molar-refractivity contribution in [3.05, 3.63) is 84.4 Å². The van der Waals surface area contributed by atoms with Crippen molar-refractivity contribution in [3.63, 3.8) is 0 Å². The number of benzene rings is 5. The Labute approximate surface area is 188 Å². The summed E-state index contributed by atoms with van der Waals surface area (Å²) in [6, 6.07) is 29.4. The fourth-order valence-corrected chi connectivity index (χ4v) is 6.79. The van der Waals surface area contributed by atoms with Crippen molar-refractivity contribution in [2.45, 2.75) is 36.9 Å². The van der Waals surface area contributed by atoms with Crippen LogP contribution >= 0.6 is 0 Å². The van der Waals surface area contributed by atoms with Crippen LogP contribution in [0.4, 0.5) is 0 Å². The predicted molar refractivity (Wildman–Crippen MR) is 131 cm³/mol. The Morgan fingerprint density at radius 2 is 1.44 bits per heavy atom. The second kappa shape index (κ2) is 6.54. The van der Waals surface area contributed by atoms with Crippen molar-refractivity contribution in [1.82, 2.24) is 0 Å². The molecule has 0 amide bonds. The lowest BCUT2D eigenvalue weighted by atomic mass is 9.74. The van der Waals surface area contributed by atoms with Crippen LogP contribution in [0.15, 0.2) is 78.9 Å². The molecule has 0 unspecified atom stereocenters. The summed E-state index contributed by atoms with van der Waals surface area (Å²) in [5, 5.41) is 8.01. The van der Waals surface area contributed by atoms with Crippen LogP contribution in [-0.2, 0) is 14.9 Å². The van der Waals surface area contributed by atoms with Gasteiger partial charge in [0.05, 0.1) is 12.0 Å². The fourth-order valence-electron chi connectivity index (χ4n) is 6.79. The second-order valence-corrected chi connectivity index (χ2v) is 9.54. The van der Waals surface area contributed by atoms with E-state index in [0.29, 0.717) is 0 Å². The molecule has 1 heterocycles. The summed E-state index contributed by atoms with van der Waals surface area (Å²) in [6.07, 6.45) is 4.32. The molecule has 2 atom stereocenters. The highest BCUT2D eigenvalue weighted by Gasteiger charge is 2.60. The van der Waals surface area contributed by atoms with Crippen LogP contribution in [0.1, 0.15) is 31.2 Å². The van der Waals surface area contributed by atoms with Gasteiger partial charge in [0.25, 0.3) is 0 Å². The van der Waals surface area contributed by atoms with E-state index in [1.165, 1.54) is 49.0 Å². The molecular formula is C30H26O2. The molecule has 32 heavy (non-hydrogen) atoms. The molecule has 5 aromatic carbocycles. The first-order valence-electron chi connectivity index (χ1n) is 11.7. The highest BCUT2D eigenvalue weighted by Crippen LogP contribution is 2.57. The summed E-state index contributed by atoms with van der Waals surface area (Å²) in [4.78, 5) is 0. The molecule has 0 N–H and O–H groups in total. The van der Waals surface area contributed by atoms with Gasteiger partial charge in [-0.3, -0.25) is 0 Å². The molecule has 158 valence electrons. The van der Waals surface area contributed by atoms with E-state index in [-0.39, 0.29) is 5.41 Å². The molecule has 2 heteroatoms. The monoisotopic (exact) mass is 418 g/mol. The van der Waals surface area contributed by atoms with E-state index in [0.717, 1.165) is 32.3 Å². The lowest BCUT2D eigenvalue weighted by Gasteiger charge is -2.38. The van der Waals surface area contributed by atoms with E-state index in [9.17, 15) is 0 Å². The topological polar surface area (TPSA) is 18.5 Å². The molecular weight excluding hydrogens is 392 g/mol. The maximum atomic E-state index is 6.19. The molecule has 2 nitrogen and oxygen atoms in total. The minimum atomic E-state index is -0.443. The first-order valence-corrected chi connectivity index (χ1v) is 11.7. The third-order valence-electron chi connectivity index (χ3n) is 8.31. The maximum Gasteiger partial charge on any atom is 0.177 e. The van der Waals surface area contributed by atoms with E-state index < -0.39 is 5.79 Å². The highest BCUT2D eigenvalue weighted by atomic mass is 16.7. The van der Waals surface area contributed by atoms with Crippen LogP contribution in [0.3, 0.4) is 0 Å². The molecule has 0 spiro atoms. The van der Waals surface area contributed by atoms with E-state index in [1.807, 2.05) is 7.11 Å². The summed E-state index contributed by atoms with van der Waals surface area (Å²) >= 11 is 0. The molecule has 2 fully saturated rings.